The number of hydrogen-bond donors (Lipinski definition) is 0. The van der Waals surface area contributed by atoms with Gasteiger partial charge in [-0.15, -0.1) is 0 Å². The molecule has 1 aliphatic heterocycles. The number of nitriles is 1. The fourth-order valence-corrected chi connectivity index (χ4v) is 3.81. The van der Waals surface area contributed by atoms with E-state index in [0.717, 1.165) is 6.42 Å². The Morgan fingerprint density at radius 1 is 1.43 bits per heavy atom. The molecule has 0 unspecified atom stereocenters. The molecule has 0 bridgehead atoms. The largest absolute Gasteiger partial charge is 0.392 e. The van der Waals surface area contributed by atoms with Gasteiger partial charge in [-0.1, -0.05) is 6.42 Å². The molecule has 1 aliphatic carbocycles. The molecule has 1 saturated heterocycles. The summed E-state index contributed by atoms with van der Waals surface area (Å²) in [6.07, 6.45) is 0.199. The first-order valence-electron chi connectivity index (χ1n) is 7.57. The number of halogens is 3. The Hall–Kier alpha value is -2.10. The molecule has 0 aromatic carbocycles. The van der Waals surface area contributed by atoms with Gasteiger partial charge in [-0.3, -0.25) is 9.78 Å². The van der Waals surface area contributed by atoms with Crippen LogP contribution in [-0.4, -0.2) is 35.1 Å². The highest BCUT2D eigenvalue weighted by molar-refractivity contribution is 5.96. The van der Waals surface area contributed by atoms with E-state index in [4.69, 9.17) is 5.26 Å². The summed E-state index contributed by atoms with van der Waals surface area (Å²) in [5.41, 5.74) is -0.484. The van der Waals surface area contributed by atoms with Crippen molar-refractivity contribution in [2.24, 2.45) is 11.3 Å². The van der Waals surface area contributed by atoms with Crippen molar-refractivity contribution in [3.8, 4) is 6.07 Å². The second kappa shape index (κ2) is 5.52. The van der Waals surface area contributed by atoms with E-state index in [-0.39, 0.29) is 30.6 Å². The molecule has 2 aliphatic rings. The minimum Gasteiger partial charge on any atom is -0.338 e. The topological polar surface area (TPSA) is 57.0 Å². The van der Waals surface area contributed by atoms with Crippen LogP contribution in [-0.2, 0) is 0 Å². The number of piperidine rings is 1. The standard InChI is InChI=1S/C16H16F3N3O/c17-16(18,19)13-3-7-22(10-15(13)4-1-5-15)14(23)12-9-21-6-2-11(12)8-20/h2,6,9,13H,1,3-5,7,10H2/t13-/m0/s1. The third kappa shape index (κ3) is 2.67. The van der Waals surface area contributed by atoms with E-state index < -0.39 is 23.4 Å². The highest BCUT2D eigenvalue weighted by atomic mass is 19.4. The van der Waals surface area contributed by atoms with Crippen LogP contribution in [0.15, 0.2) is 18.5 Å². The maximum Gasteiger partial charge on any atom is 0.392 e. The molecule has 4 nitrogen and oxygen atoms in total. The molecule has 1 aromatic rings. The Morgan fingerprint density at radius 3 is 2.74 bits per heavy atom. The summed E-state index contributed by atoms with van der Waals surface area (Å²) in [5, 5.41) is 9.08. The lowest BCUT2D eigenvalue weighted by Gasteiger charge is -2.54. The van der Waals surface area contributed by atoms with Crippen molar-refractivity contribution in [3.63, 3.8) is 0 Å². The second-order valence-corrected chi connectivity index (χ2v) is 6.36. The first-order valence-corrected chi connectivity index (χ1v) is 7.57. The molecule has 1 aromatic heterocycles. The van der Waals surface area contributed by atoms with Crippen molar-refractivity contribution in [2.45, 2.75) is 31.9 Å². The number of alkyl halides is 3. The van der Waals surface area contributed by atoms with Crippen LogP contribution in [0, 0.1) is 22.7 Å². The van der Waals surface area contributed by atoms with E-state index in [9.17, 15) is 18.0 Å². The van der Waals surface area contributed by atoms with Crippen molar-refractivity contribution in [2.75, 3.05) is 13.1 Å². The summed E-state index contributed by atoms with van der Waals surface area (Å²) in [4.78, 5) is 17.9. The van der Waals surface area contributed by atoms with Gasteiger partial charge in [0.2, 0.25) is 0 Å². The predicted octanol–water partition coefficient (Wildman–Crippen LogP) is 3.15. The molecule has 1 spiro atoms. The average molecular weight is 323 g/mol. The summed E-state index contributed by atoms with van der Waals surface area (Å²) in [5.74, 6) is -1.74. The maximum absolute atomic E-state index is 13.3. The SMILES string of the molecule is N#Cc1ccncc1C(=O)N1CC[C@H](C(F)(F)F)C2(CCC2)C1. The van der Waals surface area contributed by atoms with Crippen LogP contribution < -0.4 is 0 Å². The normalized spacial score (nSPS) is 23.2. The lowest BCUT2D eigenvalue weighted by Crippen LogP contribution is -2.57. The number of nitrogens with zero attached hydrogens (tertiary/aromatic N) is 3. The summed E-state index contributed by atoms with van der Waals surface area (Å²) in [6, 6.07) is 3.37. The molecule has 122 valence electrons. The molecule has 2 heterocycles. The molecule has 1 atom stereocenters. The van der Waals surface area contributed by atoms with Crippen LogP contribution in [0.25, 0.3) is 0 Å². The van der Waals surface area contributed by atoms with Crippen molar-refractivity contribution in [1.29, 1.82) is 5.26 Å². The first kappa shape index (κ1) is 15.8. The monoisotopic (exact) mass is 323 g/mol. The molecule has 0 radical (unpaired) electrons. The molecule has 2 fully saturated rings. The number of amides is 1. The van der Waals surface area contributed by atoms with Gasteiger partial charge in [0, 0.05) is 25.5 Å². The van der Waals surface area contributed by atoms with E-state index in [2.05, 4.69) is 4.98 Å². The second-order valence-electron chi connectivity index (χ2n) is 6.36. The Balaban J connectivity index is 1.84. The third-order valence-electron chi connectivity index (χ3n) is 5.14. The van der Waals surface area contributed by atoms with Gasteiger partial charge >= 0.3 is 6.18 Å². The van der Waals surface area contributed by atoms with Gasteiger partial charge in [-0.25, -0.2) is 0 Å². The number of pyridine rings is 1. The van der Waals surface area contributed by atoms with E-state index in [1.54, 1.807) is 0 Å². The fourth-order valence-electron chi connectivity index (χ4n) is 3.81. The van der Waals surface area contributed by atoms with E-state index in [1.165, 1.54) is 23.4 Å². The Morgan fingerprint density at radius 2 is 2.17 bits per heavy atom. The van der Waals surface area contributed by atoms with Crippen molar-refractivity contribution in [1.82, 2.24) is 9.88 Å². The average Bonchev–Trinajstić information content (AvgIpc) is 2.51. The number of aromatic nitrogens is 1. The number of carbonyl (C=O) groups excluding carboxylic acids is 1. The predicted molar refractivity (Wildman–Crippen MR) is 75.3 cm³/mol. The highest BCUT2D eigenvalue weighted by Crippen LogP contribution is 2.56. The Kier molecular flexibility index (Phi) is 3.78. The molecular formula is C16H16F3N3O. The van der Waals surface area contributed by atoms with Crippen molar-refractivity contribution >= 4 is 5.91 Å². The van der Waals surface area contributed by atoms with Gasteiger partial charge in [0.25, 0.3) is 5.91 Å². The zero-order valence-electron chi connectivity index (χ0n) is 12.4. The van der Waals surface area contributed by atoms with Crippen LogP contribution in [0.2, 0.25) is 0 Å². The highest BCUT2D eigenvalue weighted by Gasteiger charge is 2.58. The molecule has 3 rings (SSSR count). The van der Waals surface area contributed by atoms with Crippen molar-refractivity contribution in [3.05, 3.63) is 29.6 Å². The van der Waals surface area contributed by atoms with Gasteiger partial charge in [0.05, 0.1) is 17.0 Å². The minimum absolute atomic E-state index is 0.0600. The summed E-state index contributed by atoms with van der Waals surface area (Å²) >= 11 is 0. The molecule has 7 heteroatoms. The quantitative estimate of drug-likeness (QED) is 0.798. The molecule has 1 amide bonds. The van der Waals surface area contributed by atoms with E-state index >= 15 is 0 Å². The zero-order valence-corrected chi connectivity index (χ0v) is 12.4. The van der Waals surface area contributed by atoms with E-state index in [1.807, 2.05) is 6.07 Å². The molecule has 1 saturated carbocycles. The minimum atomic E-state index is -4.22. The van der Waals surface area contributed by atoms with Gasteiger partial charge < -0.3 is 4.90 Å². The molecular weight excluding hydrogens is 307 g/mol. The molecule has 23 heavy (non-hydrogen) atoms. The maximum atomic E-state index is 13.3. The Labute approximate surface area is 131 Å². The zero-order chi connectivity index (χ0) is 16.7. The van der Waals surface area contributed by atoms with Crippen molar-refractivity contribution < 1.29 is 18.0 Å². The lowest BCUT2D eigenvalue weighted by atomic mass is 9.58. The summed E-state index contributed by atoms with van der Waals surface area (Å²) in [6.45, 7) is 0.167. The first-order chi connectivity index (χ1) is 10.9. The van der Waals surface area contributed by atoms with Crippen LogP contribution in [0.4, 0.5) is 13.2 Å². The fraction of sp³-hybridized carbons (Fsp3) is 0.562. The van der Waals surface area contributed by atoms with Crippen LogP contribution in [0.5, 0.6) is 0 Å². The number of hydrogen-bond acceptors (Lipinski definition) is 3. The number of carbonyl (C=O) groups is 1. The Bertz CT molecular complexity index is 661. The van der Waals surface area contributed by atoms with Gasteiger partial charge in [0.1, 0.15) is 6.07 Å². The third-order valence-corrected chi connectivity index (χ3v) is 5.14. The van der Waals surface area contributed by atoms with E-state index in [0.29, 0.717) is 12.8 Å². The number of likely N-dealkylation sites (tertiary alicyclic amines) is 1. The van der Waals surface area contributed by atoms with Gasteiger partial charge in [-0.2, -0.15) is 18.4 Å². The number of rotatable bonds is 1. The van der Waals surface area contributed by atoms with Gasteiger partial charge in [-0.05, 0) is 30.7 Å². The smallest absolute Gasteiger partial charge is 0.338 e. The van der Waals surface area contributed by atoms with Crippen LogP contribution in [0.3, 0.4) is 0 Å². The van der Waals surface area contributed by atoms with Crippen LogP contribution in [0.1, 0.15) is 41.6 Å². The summed E-state index contributed by atoms with van der Waals surface area (Å²) in [7, 11) is 0. The van der Waals surface area contributed by atoms with Gasteiger partial charge in [0.15, 0.2) is 0 Å². The lowest BCUT2D eigenvalue weighted by molar-refractivity contribution is -0.235. The summed E-state index contributed by atoms with van der Waals surface area (Å²) < 4.78 is 39.8. The molecule has 0 N–H and O–H groups in total. The van der Waals surface area contributed by atoms with Crippen LogP contribution >= 0.6 is 0 Å².